The third kappa shape index (κ3) is 3.27. The molecule has 2 aromatic carbocycles. The Morgan fingerprint density at radius 2 is 1.73 bits per heavy atom. The average molecular weight is 406 g/mol. The molecule has 6 heteroatoms. The number of hydrogen-bond donors (Lipinski definition) is 0. The van der Waals surface area contributed by atoms with Gasteiger partial charge in [0.15, 0.2) is 5.43 Å². The van der Waals surface area contributed by atoms with Crippen LogP contribution in [0.15, 0.2) is 45.6 Å². The van der Waals surface area contributed by atoms with Crippen molar-refractivity contribution >= 4 is 16.9 Å². The van der Waals surface area contributed by atoms with Crippen LogP contribution in [0, 0.1) is 13.8 Å². The van der Waals surface area contributed by atoms with Crippen LogP contribution < -0.4 is 10.2 Å². The molecule has 1 amide bonds. The molecule has 0 unspecified atom stereocenters. The monoisotopic (exact) mass is 406 g/mol. The Balaban J connectivity index is 1.93. The van der Waals surface area contributed by atoms with E-state index >= 15 is 0 Å². The van der Waals surface area contributed by atoms with Gasteiger partial charge in [-0.1, -0.05) is 12.1 Å². The predicted octanol–water partition coefficient (Wildman–Crippen LogP) is 3.53. The fraction of sp³-hybridized carbons (Fsp3) is 0.333. The van der Waals surface area contributed by atoms with Crippen molar-refractivity contribution in [1.29, 1.82) is 0 Å². The molecule has 0 bridgehead atoms. The Hall–Kier alpha value is -3.12. The molecular formula is C24H26N2O4. The molecule has 0 radical (unpaired) electrons. The van der Waals surface area contributed by atoms with Gasteiger partial charge in [0.1, 0.15) is 11.3 Å². The van der Waals surface area contributed by atoms with E-state index < -0.39 is 6.04 Å². The molecule has 4 rings (SSSR count). The maximum Gasteiger partial charge on any atom is 0.290 e. The summed E-state index contributed by atoms with van der Waals surface area (Å²) in [4.78, 5) is 30.6. The maximum absolute atomic E-state index is 13.5. The smallest absolute Gasteiger partial charge is 0.290 e. The van der Waals surface area contributed by atoms with E-state index in [1.54, 1.807) is 12.0 Å². The minimum absolute atomic E-state index is 0.143. The second kappa shape index (κ2) is 7.61. The van der Waals surface area contributed by atoms with Gasteiger partial charge in [-0.2, -0.15) is 0 Å². The van der Waals surface area contributed by atoms with Crippen molar-refractivity contribution in [2.24, 2.45) is 0 Å². The van der Waals surface area contributed by atoms with Gasteiger partial charge in [0.05, 0.1) is 24.1 Å². The second-order valence-corrected chi connectivity index (χ2v) is 8.08. The topological polar surface area (TPSA) is 63.0 Å². The summed E-state index contributed by atoms with van der Waals surface area (Å²) in [5.41, 5.74) is 3.63. The minimum atomic E-state index is -0.486. The average Bonchev–Trinajstić information content (AvgIpc) is 3.00. The standard InChI is InChI=1S/C24H26N2O4/c1-14-12-18-19(13-15(14)2)30-23-20(22(18)27)21(16-6-8-17(29-5)9-7-16)26(24(23)28)11-10-25(3)4/h6-9,12-13,21H,10-11H2,1-5H3/t21-/m1/s1. The highest BCUT2D eigenvalue weighted by Gasteiger charge is 2.42. The Morgan fingerprint density at radius 1 is 1.07 bits per heavy atom. The number of fused-ring (bicyclic) bond motifs is 2. The maximum atomic E-state index is 13.5. The van der Waals surface area contributed by atoms with Gasteiger partial charge < -0.3 is 19.0 Å². The molecule has 6 nitrogen and oxygen atoms in total. The molecule has 0 saturated carbocycles. The molecule has 0 saturated heterocycles. The van der Waals surface area contributed by atoms with Crippen LogP contribution in [0.3, 0.4) is 0 Å². The predicted molar refractivity (Wildman–Crippen MR) is 116 cm³/mol. The molecule has 1 aromatic heterocycles. The van der Waals surface area contributed by atoms with Gasteiger partial charge in [-0.05, 0) is 68.9 Å². The number of ether oxygens (including phenoxy) is 1. The molecular weight excluding hydrogens is 380 g/mol. The molecule has 1 aliphatic heterocycles. The van der Waals surface area contributed by atoms with E-state index in [0.29, 0.717) is 29.6 Å². The van der Waals surface area contributed by atoms with Crippen molar-refractivity contribution in [1.82, 2.24) is 9.80 Å². The molecule has 0 aliphatic carbocycles. The van der Waals surface area contributed by atoms with E-state index in [0.717, 1.165) is 22.4 Å². The van der Waals surface area contributed by atoms with Crippen LogP contribution >= 0.6 is 0 Å². The highest BCUT2D eigenvalue weighted by atomic mass is 16.5. The van der Waals surface area contributed by atoms with Crippen LogP contribution in [0.2, 0.25) is 0 Å². The number of benzene rings is 2. The van der Waals surface area contributed by atoms with Gasteiger partial charge in [-0.15, -0.1) is 0 Å². The van der Waals surface area contributed by atoms with E-state index in [2.05, 4.69) is 0 Å². The van der Waals surface area contributed by atoms with E-state index in [9.17, 15) is 9.59 Å². The van der Waals surface area contributed by atoms with Gasteiger partial charge in [0.25, 0.3) is 5.91 Å². The summed E-state index contributed by atoms with van der Waals surface area (Å²) >= 11 is 0. The van der Waals surface area contributed by atoms with E-state index in [1.807, 2.05) is 69.2 Å². The zero-order valence-corrected chi connectivity index (χ0v) is 18.0. The van der Waals surface area contributed by atoms with Gasteiger partial charge in [0, 0.05) is 13.1 Å². The summed E-state index contributed by atoms with van der Waals surface area (Å²) < 4.78 is 11.3. The number of rotatable bonds is 5. The Labute approximate surface area is 175 Å². The number of methoxy groups -OCH3 is 1. The van der Waals surface area contributed by atoms with Crippen LogP contribution in [0.5, 0.6) is 5.75 Å². The number of aryl methyl sites for hydroxylation is 2. The first-order chi connectivity index (χ1) is 14.3. The van der Waals surface area contributed by atoms with Crippen molar-refractivity contribution < 1.29 is 13.9 Å². The lowest BCUT2D eigenvalue weighted by atomic mass is 9.97. The molecule has 0 spiro atoms. The zero-order valence-electron chi connectivity index (χ0n) is 18.0. The minimum Gasteiger partial charge on any atom is -0.497 e. The van der Waals surface area contributed by atoms with E-state index in [-0.39, 0.29) is 17.1 Å². The van der Waals surface area contributed by atoms with Crippen molar-refractivity contribution in [2.45, 2.75) is 19.9 Å². The number of nitrogens with zero attached hydrogens (tertiary/aromatic N) is 2. The van der Waals surface area contributed by atoms with Crippen molar-refractivity contribution in [2.75, 3.05) is 34.3 Å². The molecule has 1 atom stereocenters. The lowest BCUT2D eigenvalue weighted by Crippen LogP contribution is -2.35. The van der Waals surface area contributed by atoms with Crippen LogP contribution in [0.25, 0.3) is 11.0 Å². The molecule has 0 N–H and O–H groups in total. The quantitative estimate of drug-likeness (QED) is 0.649. The fourth-order valence-corrected chi connectivity index (χ4v) is 3.95. The van der Waals surface area contributed by atoms with Crippen LogP contribution in [-0.2, 0) is 0 Å². The molecule has 30 heavy (non-hydrogen) atoms. The molecule has 0 fully saturated rings. The van der Waals surface area contributed by atoms with E-state index in [4.69, 9.17) is 9.15 Å². The van der Waals surface area contributed by atoms with Crippen LogP contribution in [0.1, 0.15) is 38.9 Å². The van der Waals surface area contributed by atoms with Crippen molar-refractivity contribution in [3.8, 4) is 5.75 Å². The lowest BCUT2D eigenvalue weighted by molar-refractivity contribution is 0.0716. The third-order valence-electron chi connectivity index (χ3n) is 5.80. The first kappa shape index (κ1) is 20.2. The van der Waals surface area contributed by atoms with Gasteiger partial charge in [0.2, 0.25) is 5.76 Å². The zero-order chi connectivity index (χ0) is 21.6. The Bertz CT molecular complexity index is 1180. The number of likely N-dealkylation sites (N-methyl/N-ethyl adjacent to an activating group) is 1. The van der Waals surface area contributed by atoms with Crippen LogP contribution in [0.4, 0.5) is 0 Å². The molecule has 3 aromatic rings. The number of hydrogen-bond acceptors (Lipinski definition) is 5. The Kier molecular flexibility index (Phi) is 5.12. The van der Waals surface area contributed by atoms with Gasteiger partial charge in [-0.25, -0.2) is 0 Å². The third-order valence-corrected chi connectivity index (χ3v) is 5.80. The van der Waals surface area contributed by atoms with Crippen LogP contribution in [-0.4, -0.2) is 50.0 Å². The highest BCUT2D eigenvalue weighted by Crippen LogP contribution is 2.38. The second-order valence-electron chi connectivity index (χ2n) is 8.08. The fourth-order valence-electron chi connectivity index (χ4n) is 3.95. The largest absolute Gasteiger partial charge is 0.497 e. The van der Waals surface area contributed by atoms with E-state index in [1.165, 1.54) is 0 Å². The first-order valence-electron chi connectivity index (χ1n) is 9.99. The SMILES string of the molecule is COc1ccc([C@@H]2c3c(oc4cc(C)c(C)cc4c3=O)C(=O)N2CCN(C)C)cc1. The molecule has 1 aliphatic rings. The summed E-state index contributed by atoms with van der Waals surface area (Å²) in [5, 5.41) is 0.512. The summed E-state index contributed by atoms with van der Waals surface area (Å²) in [5.74, 6) is 0.625. The number of carbonyl (C=O) groups is 1. The molecule has 156 valence electrons. The number of carbonyl (C=O) groups excluding carboxylic acids is 1. The normalized spacial score (nSPS) is 15.9. The summed E-state index contributed by atoms with van der Waals surface area (Å²) in [7, 11) is 5.52. The van der Waals surface area contributed by atoms with Crippen molar-refractivity contribution in [3.63, 3.8) is 0 Å². The summed E-state index contributed by atoms with van der Waals surface area (Å²) in [6.07, 6.45) is 0. The highest BCUT2D eigenvalue weighted by molar-refractivity contribution is 5.99. The molecule has 2 heterocycles. The number of amides is 1. The lowest BCUT2D eigenvalue weighted by Gasteiger charge is -2.26. The van der Waals surface area contributed by atoms with Crippen molar-refractivity contribution in [3.05, 3.63) is 74.6 Å². The Morgan fingerprint density at radius 3 is 2.37 bits per heavy atom. The first-order valence-corrected chi connectivity index (χ1v) is 9.99. The summed E-state index contributed by atoms with van der Waals surface area (Å²) in [6, 6.07) is 10.7. The van der Waals surface area contributed by atoms with Gasteiger partial charge in [-0.3, -0.25) is 9.59 Å². The van der Waals surface area contributed by atoms with Gasteiger partial charge >= 0.3 is 0 Å². The summed E-state index contributed by atoms with van der Waals surface area (Å²) in [6.45, 7) is 5.10.